The Hall–Kier alpha value is -3.04. The normalized spacial score (nSPS) is 14.5. The fourth-order valence-corrected chi connectivity index (χ4v) is 4.64. The number of benzene rings is 2. The molecule has 1 aliphatic heterocycles. The summed E-state index contributed by atoms with van der Waals surface area (Å²) >= 11 is 1.33. The van der Waals surface area contributed by atoms with Gasteiger partial charge in [-0.1, -0.05) is 30.0 Å². The first-order valence-corrected chi connectivity index (χ1v) is 11.3. The Morgan fingerprint density at radius 1 is 1.03 bits per heavy atom. The number of hydrogen-bond acceptors (Lipinski definition) is 6. The fourth-order valence-electron chi connectivity index (χ4n) is 3.78. The number of rotatable bonds is 8. The number of nitro groups is 1. The van der Waals surface area contributed by atoms with Gasteiger partial charge in [-0.2, -0.15) is 0 Å². The molecular formula is C22H24N5O3S+. The Bertz CT molecular complexity index is 1050. The average Bonchev–Trinajstić information content (AvgIpc) is 3.21. The Balaban J connectivity index is 1.52. The van der Waals surface area contributed by atoms with Crippen molar-refractivity contribution in [1.82, 2.24) is 14.8 Å². The zero-order valence-electron chi connectivity index (χ0n) is 17.1. The lowest BCUT2D eigenvalue weighted by Crippen LogP contribution is -3.11. The maximum Gasteiger partial charge on any atom is 0.269 e. The number of quaternary nitrogens is 1. The molecule has 0 amide bonds. The van der Waals surface area contributed by atoms with Gasteiger partial charge in [0, 0.05) is 23.4 Å². The molecule has 160 valence electrons. The highest BCUT2D eigenvalue weighted by molar-refractivity contribution is 7.99. The van der Waals surface area contributed by atoms with Gasteiger partial charge in [0.05, 0.1) is 23.8 Å². The Labute approximate surface area is 184 Å². The first-order valence-electron chi connectivity index (χ1n) is 10.4. The van der Waals surface area contributed by atoms with Crippen molar-refractivity contribution in [3.8, 4) is 5.69 Å². The second-order valence-corrected chi connectivity index (χ2v) is 8.52. The highest BCUT2D eigenvalue weighted by Gasteiger charge is 2.22. The van der Waals surface area contributed by atoms with Crippen molar-refractivity contribution in [2.24, 2.45) is 0 Å². The van der Waals surface area contributed by atoms with Crippen LogP contribution in [-0.2, 0) is 6.54 Å². The van der Waals surface area contributed by atoms with Crippen molar-refractivity contribution in [1.29, 1.82) is 0 Å². The molecule has 0 unspecified atom stereocenters. The molecule has 0 aliphatic carbocycles. The molecule has 31 heavy (non-hydrogen) atoms. The van der Waals surface area contributed by atoms with Crippen molar-refractivity contribution in [3.63, 3.8) is 0 Å². The molecular weight excluding hydrogens is 414 g/mol. The summed E-state index contributed by atoms with van der Waals surface area (Å²) in [4.78, 5) is 24.5. The minimum absolute atomic E-state index is 0.0297. The fraction of sp³-hybridized carbons (Fsp3) is 0.318. The molecule has 0 radical (unpaired) electrons. The summed E-state index contributed by atoms with van der Waals surface area (Å²) in [6, 6.07) is 15.6. The molecule has 1 aliphatic rings. The second kappa shape index (κ2) is 9.84. The molecule has 0 bridgehead atoms. The van der Waals surface area contributed by atoms with Crippen LogP contribution < -0.4 is 4.90 Å². The van der Waals surface area contributed by atoms with E-state index in [-0.39, 0.29) is 17.2 Å². The van der Waals surface area contributed by atoms with E-state index >= 15 is 0 Å². The van der Waals surface area contributed by atoms with Gasteiger partial charge >= 0.3 is 0 Å². The number of piperidine rings is 1. The minimum Gasteiger partial charge on any atom is -0.329 e. The Kier molecular flexibility index (Phi) is 6.73. The van der Waals surface area contributed by atoms with E-state index in [4.69, 9.17) is 0 Å². The lowest BCUT2D eigenvalue weighted by atomic mass is 10.1. The molecule has 0 spiro atoms. The smallest absolute Gasteiger partial charge is 0.269 e. The van der Waals surface area contributed by atoms with E-state index in [0.29, 0.717) is 10.7 Å². The Morgan fingerprint density at radius 3 is 2.42 bits per heavy atom. The van der Waals surface area contributed by atoms with Crippen molar-refractivity contribution >= 4 is 23.2 Å². The van der Waals surface area contributed by atoms with Gasteiger partial charge in [0.1, 0.15) is 6.54 Å². The molecule has 1 aromatic heterocycles. The highest BCUT2D eigenvalue weighted by Crippen LogP contribution is 2.23. The third kappa shape index (κ3) is 5.18. The summed E-state index contributed by atoms with van der Waals surface area (Å²) in [6.45, 7) is 3.09. The lowest BCUT2D eigenvalue weighted by Gasteiger charge is -2.23. The number of aromatic nitrogens is 3. The average molecular weight is 439 g/mol. The number of carbonyl (C=O) groups excluding carboxylic acids is 1. The summed E-state index contributed by atoms with van der Waals surface area (Å²) in [7, 11) is 0. The van der Waals surface area contributed by atoms with Crippen molar-refractivity contribution in [2.45, 2.75) is 31.0 Å². The number of nitrogens with one attached hydrogen (secondary N) is 1. The van der Waals surface area contributed by atoms with E-state index in [1.165, 1.54) is 60.2 Å². The largest absolute Gasteiger partial charge is 0.329 e. The number of nitrogens with zero attached hydrogens (tertiary/aromatic N) is 4. The molecule has 1 fully saturated rings. The Morgan fingerprint density at radius 2 is 1.74 bits per heavy atom. The molecule has 0 atom stereocenters. The van der Waals surface area contributed by atoms with Crippen LogP contribution in [0, 0.1) is 10.1 Å². The quantitative estimate of drug-likeness (QED) is 0.251. The lowest BCUT2D eigenvalue weighted by molar-refractivity contribution is -0.919. The van der Waals surface area contributed by atoms with Crippen LogP contribution >= 0.6 is 11.8 Å². The zero-order valence-corrected chi connectivity index (χ0v) is 17.9. The van der Waals surface area contributed by atoms with Gasteiger partial charge in [0.2, 0.25) is 0 Å². The maximum absolute atomic E-state index is 12.6. The molecule has 8 nitrogen and oxygen atoms in total. The number of likely N-dealkylation sites (tertiary alicyclic amines) is 1. The molecule has 4 rings (SSSR count). The monoisotopic (exact) mass is 438 g/mol. The van der Waals surface area contributed by atoms with Crippen LogP contribution in [-0.4, -0.2) is 44.3 Å². The third-order valence-electron chi connectivity index (χ3n) is 5.42. The summed E-state index contributed by atoms with van der Waals surface area (Å²) in [5.41, 5.74) is 1.39. The van der Waals surface area contributed by atoms with Crippen LogP contribution in [0.3, 0.4) is 0 Å². The molecule has 2 heterocycles. The molecule has 3 aromatic rings. The highest BCUT2D eigenvalue weighted by atomic mass is 32.2. The minimum atomic E-state index is -0.475. The predicted octanol–water partition coefficient (Wildman–Crippen LogP) is 2.72. The van der Waals surface area contributed by atoms with Gasteiger partial charge in [-0.05, 0) is 43.5 Å². The number of thioether (sulfide) groups is 1. The third-order valence-corrected chi connectivity index (χ3v) is 6.34. The topological polar surface area (TPSA) is 95.4 Å². The van der Waals surface area contributed by atoms with Gasteiger partial charge in [0.15, 0.2) is 16.8 Å². The standard InChI is InChI=1S/C22H23N5O3S/c28-20(17-9-11-19(12-10-17)27(29)30)16-31-22-24-23-21(15-25-13-5-2-6-14-25)26(22)18-7-3-1-4-8-18/h1,3-4,7-12H,2,5-6,13-16H2/p+1. The summed E-state index contributed by atoms with van der Waals surface area (Å²) in [6.07, 6.45) is 3.76. The van der Waals surface area contributed by atoms with Gasteiger partial charge < -0.3 is 4.90 Å². The molecule has 1 N–H and O–H groups in total. The van der Waals surface area contributed by atoms with Crippen molar-refractivity contribution in [3.05, 3.63) is 76.1 Å². The van der Waals surface area contributed by atoms with Crippen LogP contribution in [0.5, 0.6) is 0 Å². The number of nitro benzene ring substituents is 1. The molecule has 1 saturated heterocycles. The van der Waals surface area contributed by atoms with Crippen molar-refractivity contribution in [2.75, 3.05) is 18.8 Å². The summed E-state index contributed by atoms with van der Waals surface area (Å²) < 4.78 is 2.04. The van der Waals surface area contributed by atoms with E-state index < -0.39 is 4.92 Å². The predicted molar refractivity (Wildman–Crippen MR) is 118 cm³/mol. The van der Waals surface area contributed by atoms with Crippen LogP contribution in [0.4, 0.5) is 5.69 Å². The van der Waals surface area contributed by atoms with Gasteiger partial charge in [-0.15, -0.1) is 10.2 Å². The van der Waals surface area contributed by atoms with Crippen LogP contribution in [0.25, 0.3) is 5.69 Å². The molecule has 2 aromatic carbocycles. The number of para-hydroxylation sites is 1. The number of Topliss-reactive ketones (excluding diaryl/α,β-unsaturated/α-hetero) is 1. The van der Waals surface area contributed by atoms with Crippen molar-refractivity contribution < 1.29 is 14.6 Å². The first kappa shape index (κ1) is 21.2. The maximum atomic E-state index is 12.6. The second-order valence-electron chi connectivity index (χ2n) is 7.57. The SMILES string of the molecule is O=C(CSc1nnc(C[NH+]2CCCCC2)n1-c1ccccc1)c1ccc([N+](=O)[O-])cc1. The van der Waals surface area contributed by atoms with Gasteiger partial charge in [-0.3, -0.25) is 19.5 Å². The zero-order chi connectivity index (χ0) is 21.6. The first-order chi connectivity index (χ1) is 15.1. The van der Waals surface area contributed by atoms with Gasteiger partial charge in [-0.25, -0.2) is 0 Å². The van der Waals surface area contributed by atoms with Crippen LogP contribution in [0.2, 0.25) is 0 Å². The van der Waals surface area contributed by atoms with E-state index in [0.717, 1.165) is 31.1 Å². The van der Waals surface area contributed by atoms with Gasteiger partial charge in [0.25, 0.3) is 5.69 Å². The van der Waals surface area contributed by atoms with E-state index in [2.05, 4.69) is 10.2 Å². The van der Waals surface area contributed by atoms with E-state index in [9.17, 15) is 14.9 Å². The van der Waals surface area contributed by atoms with Crippen LogP contribution in [0.15, 0.2) is 59.8 Å². The van der Waals surface area contributed by atoms with E-state index in [1.54, 1.807) is 0 Å². The van der Waals surface area contributed by atoms with Crippen LogP contribution in [0.1, 0.15) is 35.4 Å². The number of ketones is 1. The summed E-state index contributed by atoms with van der Waals surface area (Å²) in [5, 5.41) is 20.3. The van der Waals surface area contributed by atoms with E-state index in [1.807, 2.05) is 34.9 Å². The molecule has 9 heteroatoms. The number of non-ortho nitro benzene ring substituents is 1. The number of hydrogen-bond donors (Lipinski definition) is 1. The summed E-state index contributed by atoms with van der Waals surface area (Å²) in [5.74, 6) is 0.971. The molecule has 0 saturated carbocycles. The number of carbonyl (C=O) groups is 1.